The van der Waals surface area contributed by atoms with Crippen molar-refractivity contribution >= 4 is 0 Å². The van der Waals surface area contributed by atoms with Gasteiger partial charge in [0, 0.05) is 14.1 Å². The highest BCUT2D eigenvalue weighted by Gasteiger charge is 2.09. The molecule has 0 aromatic rings. The van der Waals surface area contributed by atoms with Crippen LogP contribution in [0.15, 0.2) is 0 Å². The van der Waals surface area contributed by atoms with Gasteiger partial charge in [-0.15, -0.1) is 0 Å². The molecule has 0 amide bonds. The lowest BCUT2D eigenvalue weighted by atomic mass is 11.2. The van der Waals surface area contributed by atoms with E-state index in [-0.39, 0.29) is 0 Å². The minimum absolute atomic E-state index is 0.826. The second-order valence-electron chi connectivity index (χ2n) is 1.54. The van der Waals surface area contributed by atoms with Crippen molar-refractivity contribution in [1.82, 2.24) is 21.1 Å². The molecular formula is C3H10N4. The summed E-state index contributed by atoms with van der Waals surface area (Å²) in [6, 6.07) is 0. The largest absolute Gasteiger partial charge is 0.225 e. The Hall–Kier alpha value is -0.160. The number of hydrogen-bond acceptors (Lipinski definition) is 4. The monoisotopic (exact) mass is 102 g/mol. The standard InChI is InChI=1S/C3H10N4/c1-6-4-3-5-7(6)2/h4-5H,3H2,1-2H3. The molecule has 0 saturated carbocycles. The molecule has 0 aliphatic carbocycles. The van der Waals surface area contributed by atoms with Gasteiger partial charge in [-0.2, -0.15) is 10.2 Å². The summed E-state index contributed by atoms with van der Waals surface area (Å²) in [5, 5.41) is 3.75. The average molecular weight is 102 g/mol. The molecule has 1 aliphatic heterocycles. The fraction of sp³-hybridized carbons (Fsp3) is 1.00. The van der Waals surface area contributed by atoms with E-state index in [1.807, 2.05) is 24.3 Å². The van der Waals surface area contributed by atoms with Gasteiger partial charge in [-0.25, -0.2) is 10.9 Å². The molecule has 1 saturated heterocycles. The van der Waals surface area contributed by atoms with Gasteiger partial charge in [-0.3, -0.25) is 0 Å². The summed E-state index contributed by atoms with van der Waals surface area (Å²) in [5.74, 6) is 0. The van der Waals surface area contributed by atoms with Crippen molar-refractivity contribution in [3.05, 3.63) is 0 Å². The lowest BCUT2D eigenvalue weighted by molar-refractivity contribution is 0.0125. The zero-order chi connectivity index (χ0) is 5.28. The minimum atomic E-state index is 0.826. The van der Waals surface area contributed by atoms with Gasteiger partial charge in [0.2, 0.25) is 0 Å². The van der Waals surface area contributed by atoms with E-state index < -0.39 is 0 Å². The van der Waals surface area contributed by atoms with Crippen LogP contribution in [0.25, 0.3) is 0 Å². The van der Waals surface area contributed by atoms with Gasteiger partial charge < -0.3 is 0 Å². The van der Waals surface area contributed by atoms with Crippen LogP contribution in [0.3, 0.4) is 0 Å². The summed E-state index contributed by atoms with van der Waals surface area (Å²) in [6.07, 6.45) is 0. The molecule has 0 unspecified atom stereocenters. The topological polar surface area (TPSA) is 30.5 Å². The van der Waals surface area contributed by atoms with Gasteiger partial charge in [-0.05, 0) is 0 Å². The zero-order valence-corrected chi connectivity index (χ0v) is 4.60. The highest BCUT2D eigenvalue weighted by molar-refractivity contribution is 4.41. The summed E-state index contributed by atoms with van der Waals surface area (Å²) in [6.45, 7) is 0.826. The molecule has 4 nitrogen and oxygen atoms in total. The summed E-state index contributed by atoms with van der Waals surface area (Å²) >= 11 is 0. The first-order valence-electron chi connectivity index (χ1n) is 2.25. The van der Waals surface area contributed by atoms with E-state index in [0.29, 0.717) is 0 Å². The molecule has 1 aliphatic rings. The molecule has 1 rings (SSSR count). The van der Waals surface area contributed by atoms with Crippen LogP contribution in [0, 0.1) is 0 Å². The molecule has 1 heterocycles. The first kappa shape index (κ1) is 4.99. The summed E-state index contributed by atoms with van der Waals surface area (Å²) < 4.78 is 0. The second-order valence-corrected chi connectivity index (χ2v) is 1.54. The molecular weight excluding hydrogens is 92.1 g/mol. The summed E-state index contributed by atoms with van der Waals surface area (Å²) in [4.78, 5) is 0. The molecule has 0 radical (unpaired) electrons. The fourth-order valence-electron chi connectivity index (χ4n) is 0.476. The molecule has 0 aromatic heterocycles. The van der Waals surface area contributed by atoms with Crippen LogP contribution in [0.2, 0.25) is 0 Å². The maximum Gasteiger partial charge on any atom is 0.0753 e. The van der Waals surface area contributed by atoms with Crippen LogP contribution in [0.5, 0.6) is 0 Å². The van der Waals surface area contributed by atoms with Crippen LogP contribution in [0.4, 0.5) is 0 Å². The zero-order valence-electron chi connectivity index (χ0n) is 4.60. The maximum atomic E-state index is 3.02. The highest BCUT2D eigenvalue weighted by atomic mass is 16.0. The Bertz CT molecular complexity index is 56.0. The van der Waals surface area contributed by atoms with Gasteiger partial charge in [-0.1, -0.05) is 0 Å². The molecule has 0 atom stereocenters. The Morgan fingerprint density at radius 2 is 1.57 bits per heavy atom. The van der Waals surface area contributed by atoms with Gasteiger partial charge in [0.05, 0.1) is 6.67 Å². The Balaban J connectivity index is 2.33. The molecule has 2 N–H and O–H groups in total. The quantitative estimate of drug-likeness (QED) is 0.400. The van der Waals surface area contributed by atoms with E-state index in [9.17, 15) is 0 Å². The third-order valence-corrected chi connectivity index (χ3v) is 1.07. The van der Waals surface area contributed by atoms with Crippen molar-refractivity contribution in [2.45, 2.75) is 0 Å². The number of rotatable bonds is 0. The lowest BCUT2D eigenvalue weighted by Crippen LogP contribution is -2.38. The Morgan fingerprint density at radius 3 is 1.71 bits per heavy atom. The minimum Gasteiger partial charge on any atom is -0.225 e. The number of hydrazine groups is 3. The third kappa shape index (κ3) is 0.889. The first-order valence-corrected chi connectivity index (χ1v) is 2.25. The van der Waals surface area contributed by atoms with Crippen molar-refractivity contribution in [1.29, 1.82) is 0 Å². The first-order chi connectivity index (χ1) is 3.30. The molecule has 0 bridgehead atoms. The molecule has 4 heteroatoms. The average Bonchev–Trinajstić information content (AvgIpc) is 1.91. The predicted octanol–water partition coefficient (Wildman–Crippen LogP) is -1.25. The van der Waals surface area contributed by atoms with E-state index in [1.54, 1.807) is 0 Å². The predicted molar refractivity (Wildman–Crippen MR) is 26.7 cm³/mol. The highest BCUT2D eigenvalue weighted by Crippen LogP contribution is 1.83. The van der Waals surface area contributed by atoms with E-state index in [0.717, 1.165) is 6.67 Å². The van der Waals surface area contributed by atoms with Crippen LogP contribution in [0.1, 0.15) is 0 Å². The van der Waals surface area contributed by atoms with Crippen molar-refractivity contribution in [2.75, 3.05) is 20.8 Å². The Kier molecular flexibility index (Phi) is 1.25. The maximum absolute atomic E-state index is 3.02. The van der Waals surface area contributed by atoms with Crippen molar-refractivity contribution in [3.8, 4) is 0 Å². The smallest absolute Gasteiger partial charge is 0.0753 e. The van der Waals surface area contributed by atoms with Crippen molar-refractivity contribution in [2.24, 2.45) is 0 Å². The second kappa shape index (κ2) is 1.75. The third-order valence-electron chi connectivity index (χ3n) is 1.07. The Morgan fingerprint density at radius 1 is 1.14 bits per heavy atom. The van der Waals surface area contributed by atoms with Gasteiger partial charge in [0.1, 0.15) is 0 Å². The summed E-state index contributed by atoms with van der Waals surface area (Å²) in [5.41, 5.74) is 6.03. The van der Waals surface area contributed by atoms with Gasteiger partial charge in [0.25, 0.3) is 0 Å². The van der Waals surface area contributed by atoms with Crippen molar-refractivity contribution < 1.29 is 0 Å². The summed E-state index contributed by atoms with van der Waals surface area (Å²) in [7, 11) is 3.89. The van der Waals surface area contributed by atoms with Crippen LogP contribution >= 0.6 is 0 Å². The number of hydrogen-bond donors (Lipinski definition) is 2. The fourth-order valence-corrected chi connectivity index (χ4v) is 0.476. The van der Waals surface area contributed by atoms with E-state index in [4.69, 9.17) is 0 Å². The number of nitrogens with zero attached hydrogens (tertiary/aromatic N) is 2. The molecule has 1 fully saturated rings. The van der Waals surface area contributed by atoms with Crippen LogP contribution in [-0.4, -0.2) is 31.0 Å². The number of nitrogens with one attached hydrogen (secondary N) is 2. The van der Waals surface area contributed by atoms with Gasteiger partial charge in [0.15, 0.2) is 0 Å². The lowest BCUT2D eigenvalue weighted by Gasteiger charge is -2.15. The van der Waals surface area contributed by atoms with E-state index in [2.05, 4.69) is 10.9 Å². The van der Waals surface area contributed by atoms with Crippen LogP contribution in [-0.2, 0) is 0 Å². The van der Waals surface area contributed by atoms with Crippen molar-refractivity contribution in [3.63, 3.8) is 0 Å². The normalized spacial score (nSPS) is 26.6. The van der Waals surface area contributed by atoms with E-state index in [1.165, 1.54) is 0 Å². The van der Waals surface area contributed by atoms with Gasteiger partial charge >= 0.3 is 0 Å². The molecule has 7 heavy (non-hydrogen) atoms. The SMILES string of the molecule is CN1NCNN1C. The Labute approximate surface area is 43.0 Å². The van der Waals surface area contributed by atoms with E-state index >= 15 is 0 Å². The van der Waals surface area contributed by atoms with Crippen LogP contribution < -0.4 is 10.9 Å². The molecule has 0 aromatic carbocycles. The molecule has 42 valence electrons. The molecule has 0 spiro atoms.